The predicted molar refractivity (Wildman–Crippen MR) is 134 cm³/mol. The highest BCUT2D eigenvalue weighted by Crippen LogP contribution is 2.38. The van der Waals surface area contributed by atoms with Crippen LogP contribution in [0, 0.1) is 13.8 Å². The molecular weight excluding hydrogens is 376 g/mol. The van der Waals surface area contributed by atoms with Gasteiger partial charge in [-0.05, 0) is 49.8 Å². The molecule has 0 aliphatic heterocycles. The number of benzene rings is 3. The third kappa shape index (κ3) is 4.42. The maximum atomic E-state index is 2.56. The third-order valence-corrected chi connectivity index (χ3v) is 9.48. The van der Waals surface area contributed by atoms with E-state index in [1.807, 2.05) is 0 Å². The van der Waals surface area contributed by atoms with Crippen LogP contribution in [0.2, 0.25) is 0 Å². The predicted octanol–water partition coefficient (Wildman–Crippen LogP) is 6.16. The molecule has 0 radical (unpaired) electrons. The molecule has 30 heavy (non-hydrogen) atoms. The Kier molecular flexibility index (Phi) is 6.49. The van der Waals surface area contributed by atoms with Crippen LogP contribution >= 0.6 is 0 Å². The second-order valence-electron chi connectivity index (χ2n) is 8.56. The summed E-state index contributed by atoms with van der Waals surface area (Å²) in [4.78, 5) is 0. The summed E-state index contributed by atoms with van der Waals surface area (Å²) in [5, 5.41) is 4.69. The van der Waals surface area contributed by atoms with Crippen LogP contribution in [0.3, 0.4) is 0 Å². The number of hydrogen-bond donors (Lipinski definition) is 0. The van der Waals surface area contributed by atoms with Gasteiger partial charge in [-0.15, -0.1) is 0 Å². The number of unbranched alkanes of at least 4 members (excludes halogenated alkanes) is 1. The Balaban J connectivity index is 1.84. The van der Waals surface area contributed by atoms with Crippen molar-refractivity contribution < 1.29 is 0 Å². The molecule has 0 aromatic heterocycles. The molecule has 3 aromatic rings. The molecule has 0 heterocycles. The fraction of sp³-hybridized carbons (Fsp3) is 0.241. The summed E-state index contributed by atoms with van der Waals surface area (Å²) >= 11 is 0. The molecule has 3 aromatic carbocycles. The summed E-state index contributed by atoms with van der Waals surface area (Å²) in [7, 11) is -1.49. The fourth-order valence-corrected chi connectivity index (χ4v) is 8.20. The molecule has 152 valence electrons. The lowest BCUT2D eigenvalue weighted by molar-refractivity contribution is 0.798. The first-order valence-corrected chi connectivity index (χ1v) is 13.0. The van der Waals surface area contributed by atoms with Gasteiger partial charge in [-0.2, -0.15) is 0 Å². The lowest BCUT2D eigenvalue weighted by Gasteiger charge is -2.22. The van der Waals surface area contributed by atoms with Crippen molar-refractivity contribution in [1.82, 2.24) is 0 Å². The molecule has 0 saturated heterocycles. The van der Waals surface area contributed by atoms with Crippen molar-refractivity contribution in [2.45, 2.75) is 46.5 Å². The summed E-state index contributed by atoms with van der Waals surface area (Å²) in [5.74, 6) is 0. The van der Waals surface area contributed by atoms with E-state index >= 15 is 0 Å². The Morgan fingerprint density at radius 2 is 1.33 bits per heavy atom. The van der Waals surface area contributed by atoms with Gasteiger partial charge in [-0.25, -0.2) is 0 Å². The molecule has 0 fully saturated rings. The van der Waals surface area contributed by atoms with E-state index in [9.17, 15) is 0 Å². The summed E-state index contributed by atoms with van der Waals surface area (Å²) in [5.41, 5.74) is 7.35. The summed E-state index contributed by atoms with van der Waals surface area (Å²) in [6.45, 7) is 6.74. The average molecular weight is 409 g/mol. The molecule has 0 N–H and O–H groups in total. The average Bonchev–Trinajstić information content (AvgIpc) is 3.17. The highest BCUT2D eigenvalue weighted by molar-refractivity contribution is 6.91. The van der Waals surface area contributed by atoms with Crippen molar-refractivity contribution in [3.05, 3.63) is 112 Å². The zero-order chi connectivity index (χ0) is 20.9. The van der Waals surface area contributed by atoms with E-state index in [0.717, 1.165) is 6.42 Å². The Morgan fingerprint density at radius 3 is 1.87 bits per heavy atom. The lowest BCUT2D eigenvalue weighted by Crippen LogP contribution is -2.44. The number of aryl methyl sites for hydroxylation is 2. The zero-order valence-corrected chi connectivity index (χ0v) is 19.6. The van der Waals surface area contributed by atoms with Crippen LogP contribution in [0.1, 0.15) is 49.3 Å². The number of hydrogen-bond acceptors (Lipinski definition) is 0. The summed E-state index contributed by atoms with van der Waals surface area (Å²) in [6.07, 6.45) is 7.31. The summed E-state index contributed by atoms with van der Waals surface area (Å²) < 4.78 is 0. The molecule has 0 saturated carbocycles. The smallest absolute Gasteiger partial charge is 0.0801 e. The lowest BCUT2D eigenvalue weighted by atomic mass is 9.95. The molecule has 0 unspecified atom stereocenters. The van der Waals surface area contributed by atoms with Crippen LogP contribution in [0.4, 0.5) is 0 Å². The number of allylic oxidation sites excluding steroid dienone is 4. The first-order chi connectivity index (χ1) is 14.7. The van der Waals surface area contributed by atoms with Crippen LogP contribution < -0.4 is 10.4 Å². The van der Waals surface area contributed by atoms with Gasteiger partial charge in [0.2, 0.25) is 0 Å². The van der Waals surface area contributed by atoms with Crippen molar-refractivity contribution in [1.29, 1.82) is 0 Å². The Hall–Kier alpha value is -2.64. The van der Waals surface area contributed by atoms with Gasteiger partial charge in [0.25, 0.3) is 0 Å². The van der Waals surface area contributed by atoms with Gasteiger partial charge in [0.05, 0.1) is 0 Å². The van der Waals surface area contributed by atoms with E-state index in [-0.39, 0.29) is 0 Å². The monoisotopic (exact) mass is 408 g/mol. The van der Waals surface area contributed by atoms with Crippen molar-refractivity contribution in [3.8, 4) is 0 Å². The topological polar surface area (TPSA) is 0 Å². The zero-order valence-electron chi connectivity index (χ0n) is 18.5. The minimum atomic E-state index is -1.49. The van der Waals surface area contributed by atoms with E-state index in [1.54, 1.807) is 16.3 Å². The molecule has 0 nitrogen and oxygen atoms in total. The van der Waals surface area contributed by atoms with E-state index in [4.69, 9.17) is 0 Å². The molecular formula is C29H32Si. The van der Waals surface area contributed by atoms with E-state index in [2.05, 4.69) is 106 Å². The second-order valence-corrected chi connectivity index (χ2v) is 11.4. The SMILES string of the molecule is CCCCC1=C(c2cc(C)cc(C)c2)CC=C1[SiH](c1ccccc1)c1ccccc1. The fourth-order valence-electron chi connectivity index (χ4n) is 4.86. The van der Waals surface area contributed by atoms with Gasteiger partial charge >= 0.3 is 0 Å². The second kappa shape index (κ2) is 9.45. The Labute approximate surface area is 183 Å². The van der Waals surface area contributed by atoms with Crippen LogP contribution in [0.15, 0.2) is 95.7 Å². The van der Waals surface area contributed by atoms with Crippen LogP contribution in [-0.2, 0) is 0 Å². The minimum Gasteiger partial charge on any atom is -0.0801 e. The van der Waals surface area contributed by atoms with Crippen LogP contribution in [-0.4, -0.2) is 8.80 Å². The first-order valence-electron chi connectivity index (χ1n) is 11.3. The first kappa shape index (κ1) is 20.6. The third-order valence-electron chi connectivity index (χ3n) is 6.17. The van der Waals surface area contributed by atoms with Crippen molar-refractivity contribution in [3.63, 3.8) is 0 Å². The molecule has 0 spiro atoms. The minimum absolute atomic E-state index is 1.07. The Morgan fingerprint density at radius 1 is 0.767 bits per heavy atom. The molecule has 1 aliphatic rings. The van der Waals surface area contributed by atoms with Crippen LogP contribution in [0.25, 0.3) is 5.57 Å². The molecule has 4 rings (SSSR count). The largest absolute Gasteiger partial charge is 0.132 e. The van der Waals surface area contributed by atoms with Gasteiger partial charge < -0.3 is 0 Å². The van der Waals surface area contributed by atoms with Crippen molar-refractivity contribution in [2.24, 2.45) is 0 Å². The standard InChI is InChI=1S/C29H32Si/c1-4-5-16-28-27(24-20-22(2)19-23(3)21-24)17-18-29(28)30(25-12-8-6-9-13-25)26-14-10-7-11-15-26/h6-15,18-21,30H,4-5,16-17H2,1-3H3. The van der Waals surface area contributed by atoms with Crippen molar-refractivity contribution >= 4 is 24.7 Å². The summed E-state index contributed by atoms with van der Waals surface area (Å²) in [6, 6.07) is 29.5. The highest BCUT2D eigenvalue weighted by atomic mass is 28.3. The molecule has 0 amide bonds. The van der Waals surface area contributed by atoms with Gasteiger partial charge in [0, 0.05) is 0 Å². The highest BCUT2D eigenvalue weighted by Gasteiger charge is 2.28. The molecule has 1 heteroatoms. The van der Waals surface area contributed by atoms with Gasteiger partial charge in [-0.3, -0.25) is 0 Å². The van der Waals surface area contributed by atoms with Gasteiger partial charge in [0.1, 0.15) is 8.80 Å². The van der Waals surface area contributed by atoms with E-state index < -0.39 is 8.80 Å². The molecule has 0 atom stereocenters. The van der Waals surface area contributed by atoms with E-state index in [1.165, 1.54) is 46.3 Å². The maximum absolute atomic E-state index is 2.56. The maximum Gasteiger partial charge on any atom is 0.132 e. The quantitative estimate of drug-likeness (QED) is 0.411. The van der Waals surface area contributed by atoms with Gasteiger partial charge in [-0.1, -0.05) is 125 Å². The van der Waals surface area contributed by atoms with Crippen LogP contribution in [0.5, 0.6) is 0 Å². The van der Waals surface area contributed by atoms with Crippen molar-refractivity contribution in [2.75, 3.05) is 0 Å². The number of rotatable bonds is 7. The molecule has 1 aliphatic carbocycles. The normalized spacial score (nSPS) is 13.8. The van der Waals surface area contributed by atoms with Gasteiger partial charge in [0.15, 0.2) is 0 Å². The Bertz CT molecular complexity index is 998. The van der Waals surface area contributed by atoms with E-state index in [0.29, 0.717) is 0 Å². The molecule has 0 bridgehead atoms.